The van der Waals surface area contributed by atoms with Crippen LogP contribution in [0.1, 0.15) is 26.5 Å². The standard InChI is InChI=1S/C36H28N2O/c1-36(2,3)33-17-15-30-31(21-26-18-19-39-35(26)34(30)38-33)32-16-13-27(22-37-32)28-11-7-10-25-20-24(12-14-29(25)28)23-8-5-4-6-9-23/h4-22H,1-3H3. The lowest BCUT2D eigenvalue weighted by Crippen LogP contribution is -2.13. The van der Waals surface area contributed by atoms with Crippen LogP contribution in [0.3, 0.4) is 0 Å². The summed E-state index contributed by atoms with van der Waals surface area (Å²) in [5.74, 6) is 0. The third-order valence-electron chi connectivity index (χ3n) is 7.50. The second-order valence-electron chi connectivity index (χ2n) is 11.1. The van der Waals surface area contributed by atoms with Gasteiger partial charge in [-0.3, -0.25) is 4.98 Å². The molecule has 3 nitrogen and oxygen atoms in total. The van der Waals surface area contributed by atoms with Crippen molar-refractivity contribution in [2.45, 2.75) is 26.2 Å². The molecule has 0 atom stereocenters. The van der Waals surface area contributed by atoms with Crippen LogP contribution in [0, 0.1) is 0 Å². The number of nitrogens with zero attached hydrogens (tertiary/aromatic N) is 2. The molecule has 3 heterocycles. The van der Waals surface area contributed by atoms with Gasteiger partial charge >= 0.3 is 0 Å². The molecular weight excluding hydrogens is 476 g/mol. The Hall–Kier alpha value is -4.76. The van der Waals surface area contributed by atoms with E-state index in [1.807, 2.05) is 12.3 Å². The Bertz CT molecular complexity index is 1980. The zero-order valence-electron chi connectivity index (χ0n) is 22.3. The topological polar surface area (TPSA) is 38.9 Å². The molecule has 0 N–H and O–H groups in total. The van der Waals surface area contributed by atoms with E-state index in [2.05, 4.69) is 118 Å². The smallest absolute Gasteiger partial charge is 0.160 e. The number of fused-ring (bicyclic) bond motifs is 4. The van der Waals surface area contributed by atoms with Crippen LogP contribution in [-0.2, 0) is 5.41 Å². The fourth-order valence-electron chi connectivity index (χ4n) is 5.40. The normalized spacial score (nSPS) is 12.0. The quantitative estimate of drug-likeness (QED) is 0.240. The zero-order valence-corrected chi connectivity index (χ0v) is 22.3. The molecule has 0 spiro atoms. The van der Waals surface area contributed by atoms with E-state index in [1.165, 1.54) is 27.5 Å². The molecule has 3 heteroatoms. The van der Waals surface area contributed by atoms with Crippen molar-refractivity contribution in [3.05, 3.63) is 121 Å². The molecule has 0 saturated carbocycles. The van der Waals surface area contributed by atoms with Crippen molar-refractivity contribution in [2.24, 2.45) is 0 Å². The van der Waals surface area contributed by atoms with Gasteiger partial charge in [0.15, 0.2) is 5.58 Å². The van der Waals surface area contributed by atoms with Gasteiger partial charge in [-0.2, -0.15) is 0 Å². The highest BCUT2D eigenvalue weighted by atomic mass is 16.3. The summed E-state index contributed by atoms with van der Waals surface area (Å²) in [6, 6.07) is 36.4. The molecule has 0 unspecified atom stereocenters. The number of hydrogen-bond donors (Lipinski definition) is 0. The van der Waals surface area contributed by atoms with Crippen LogP contribution in [0.4, 0.5) is 0 Å². The van der Waals surface area contributed by atoms with E-state index in [0.717, 1.165) is 44.4 Å². The van der Waals surface area contributed by atoms with E-state index in [1.54, 1.807) is 6.26 Å². The third kappa shape index (κ3) is 4.07. The minimum absolute atomic E-state index is 0.0523. The Labute approximate surface area is 227 Å². The van der Waals surface area contributed by atoms with Crippen LogP contribution in [-0.4, -0.2) is 9.97 Å². The molecule has 4 aromatic carbocycles. The number of hydrogen-bond acceptors (Lipinski definition) is 3. The number of aromatic nitrogens is 2. The van der Waals surface area contributed by atoms with Crippen LogP contribution in [0.25, 0.3) is 66.2 Å². The molecule has 7 aromatic rings. The number of pyridine rings is 2. The van der Waals surface area contributed by atoms with Gasteiger partial charge in [0.25, 0.3) is 0 Å². The Morgan fingerprint density at radius 1 is 0.615 bits per heavy atom. The second kappa shape index (κ2) is 8.92. The molecule has 0 saturated heterocycles. The van der Waals surface area contributed by atoms with Crippen molar-refractivity contribution in [3.8, 4) is 33.5 Å². The van der Waals surface area contributed by atoms with E-state index in [-0.39, 0.29) is 5.41 Å². The summed E-state index contributed by atoms with van der Waals surface area (Å²) in [7, 11) is 0. The van der Waals surface area contributed by atoms with Crippen molar-refractivity contribution in [1.82, 2.24) is 9.97 Å². The highest BCUT2D eigenvalue weighted by molar-refractivity contribution is 6.09. The van der Waals surface area contributed by atoms with Gasteiger partial charge in [0.1, 0.15) is 5.52 Å². The largest absolute Gasteiger partial charge is 0.462 e. The van der Waals surface area contributed by atoms with Crippen molar-refractivity contribution in [3.63, 3.8) is 0 Å². The minimum atomic E-state index is -0.0523. The Balaban J connectivity index is 1.32. The zero-order chi connectivity index (χ0) is 26.6. The van der Waals surface area contributed by atoms with Gasteiger partial charge in [0, 0.05) is 39.2 Å². The van der Waals surface area contributed by atoms with E-state index in [0.29, 0.717) is 0 Å². The molecule has 0 aliphatic rings. The molecule has 3 aromatic heterocycles. The van der Waals surface area contributed by atoms with Gasteiger partial charge in [0.2, 0.25) is 0 Å². The van der Waals surface area contributed by atoms with E-state index >= 15 is 0 Å². The molecule has 0 bridgehead atoms. The Morgan fingerprint density at radius 3 is 2.23 bits per heavy atom. The van der Waals surface area contributed by atoms with Gasteiger partial charge in [-0.15, -0.1) is 0 Å². The van der Waals surface area contributed by atoms with Crippen LogP contribution in [0.2, 0.25) is 0 Å². The molecule has 7 rings (SSSR count). The fourth-order valence-corrected chi connectivity index (χ4v) is 5.40. The highest BCUT2D eigenvalue weighted by Gasteiger charge is 2.19. The highest BCUT2D eigenvalue weighted by Crippen LogP contribution is 2.37. The van der Waals surface area contributed by atoms with Gasteiger partial charge < -0.3 is 4.42 Å². The van der Waals surface area contributed by atoms with E-state index < -0.39 is 0 Å². The van der Waals surface area contributed by atoms with Crippen molar-refractivity contribution in [1.29, 1.82) is 0 Å². The Kier molecular flexibility index (Phi) is 5.34. The lowest BCUT2D eigenvalue weighted by molar-refractivity contribution is 0.570. The first-order chi connectivity index (χ1) is 19.0. The van der Waals surface area contributed by atoms with Gasteiger partial charge in [0.05, 0.1) is 12.0 Å². The predicted octanol–water partition coefficient (Wildman–Crippen LogP) is 9.83. The first-order valence-electron chi connectivity index (χ1n) is 13.3. The SMILES string of the molecule is CC(C)(C)c1ccc2c(-c3ccc(-c4cccc5cc(-c6ccccc6)ccc45)cn3)cc3ccoc3c2n1. The van der Waals surface area contributed by atoms with E-state index in [9.17, 15) is 0 Å². The summed E-state index contributed by atoms with van der Waals surface area (Å²) in [6.45, 7) is 6.54. The summed E-state index contributed by atoms with van der Waals surface area (Å²) in [5, 5.41) is 4.51. The van der Waals surface area contributed by atoms with Crippen LogP contribution >= 0.6 is 0 Å². The number of rotatable bonds is 3. The Morgan fingerprint density at radius 2 is 1.44 bits per heavy atom. The van der Waals surface area contributed by atoms with Crippen LogP contribution in [0.5, 0.6) is 0 Å². The molecule has 0 amide bonds. The van der Waals surface area contributed by atoms with Gasteiger partial charge in [-0.05, 0) is 57.8 Å². The lowest BCUT2D eigenvalue weighted by atomic mass is 9.90. The lowest BCUT2D eigenvalue weighted by Gasteiger charge is -2.18. The second-order valence-corrected chi connectivity index (χ2v) is 11.1. The molecule has 0 aliphatic carbocycles. The first kappa shape index (κ1) is 23.4. The van der Waals surface area contributed by atoms with Crippen molar-refractivity contribution >= 4 is 32.6 Å². The molecule has 0 radical (unpaired) electrons. The number of benzene rings is 4. The summed E-state index contributed by atoms with van der Waals surface area (Å²) in [5.41, 5.74) is 9.39. The van der Waals surface area contributed by atoms with Crippen molar-refractivity contribution < 1.29 is 4.42 Å². The molecule has 0 fully saturated rings. The summed E-state index contributed by atoms with van der Waals surface area (Å²) in [4.78, 5) is 9.99. The van der Waals surface area contributed by atoms with Gasteiger partial charge in [-0.1, -0.05) is 93.6 Å². The maximum absolute atomic E-state index is 5.86. The minimum Gasteiger partial charge on any atom is -0.462 e. The van der Waals surface area contributed by atoms with Crippen molar-refractivity contribution in [2.75, 3.05) is 0 Å². The average Bonchev–Trinajstić information content (AvgIpc) is 3.45. The van der Waals surface area contributed by atoms with Crippen LogP contribution in [0.15, 0.2) is 120 Å². The summed E-state index contributed by atoms with van der Waals surface area (Å²) < 4.78 is 5.86. The first-order valence-corrected chi connectivity index (χ1v) is 13.3. The molecular formula is C36H28N2O. The number of furan rings is 1. The molecule has 0 aliphatic heterocycles. The predicted molar refractivity (Wildman–Crippen MR) is 162 cm³/mol. The summed E-state index contributed by atoms with van der Waals surface area (Å²) >= 11 is 0. The van der Waals surface area contributed by atoms with Crippen LogP contribution < -0.4 is 0 Å². The summed E-state index contributed by atoms with van der Waals surface area (Å²) in [6.07, 6.45) is 3.72. The van der Waals surface area contributed by atoms with E-state index in [4.69, 9.17) is 14.4 Å². The third-order valence-corrected chi connectivity index (χ3v) is 7.50. The molecule has 39 heavy (non-hydrogen) atoms. The fraction of sp³-hybridized carbons (Fsp3) is 0.111. The maximum atomic E-state index is 5.86. The maximum Gasteiger partial charge on any atom is 0.160 e. The molecule has 188 valence electrons. The average molecular weight is 505 g/mol. The van der Waals surface area contributed by atoms with Gasteiger partial charge in [-0.25, -0.2) is 4.98 Å². The monoisotopic (exact) mass is 504 g/mol.